The van der Waals surface area contributed by atoms with Crippen molar-refractivity contribution < 1.29 is 19.1 Å². The first-order valence-electron chi connectivity index (χ1n) is 8.53. The molecule has 2 atom stereocenters. The first-order valence-corrected chi connectivity index (χ1v) is 8.53. The Labute approximate surface area is 137 Å². The maximum Gasteiger partial charge on any atom is 0.321 e. The van der Waals surface area contributed by atoms with Crippen molar-refractivity contribution in [3.8, 4) is 0 Å². The molecule has 6 nitrogen and oxygen atoms in total. The van der Waals surface area contributed by atoms with Crippen molar-refractivity contribution in [1.29, 1.82) is 0 Å². The fourth-order valence-corrected chi connectivity index (χ4v) is 3.01. The van der Waals surface area contributed by atoms with E-state index in [9.17, 15) is 14.4 Å². The monoisotopic (exact) mass is 322 g/mol. The Morgan fingerprint density at radius 1 is 1.09 bits per heavy atom. The third-order valence-electron chi connectivity index (χ3n) is 4.44. The van der Waals surface area contributed by atoms with Gasteiger partial charge >= 0.3 is 12.0 Å². The van der Waals surface area contributed by atoms with Gasteiger partial charge in [0.25, 0.3) is 5.91 Å². The van der Waals surface area contributed by atoms with Crippen molar-refractivity contribution in [1.82, 2.24) is 10.6 Å². The lowest BCUT2D eigenvalue weighted by Gasteiger charge is -2.23. The first-order chi connectivity index (χ1) is 11.1. The largest absolute Gasteiger partial charge is 0.452 e. The minimum Gasteiger partial charge on any atom is -0.452 e. The molecule has 1 fully saturated rings. The molecule has 0 aromatic carbocycles. The fraction of sp³-hybridized carbons (Fsp3) is 0.706. The highest BCUT2D eigenvalue weighted by molar-refractivity contribution is 5.97. The van der Waals surface area contributed by atoms with Crippen LogP contribution in [-0.2, 0) is 14.3 Å². The molecule has 0 radical (unpaired) electrons. The summed E-state index contributed by atoms with van der Waals surface area (Å²) < 4.78 is 5.18. The molecule has 0 unspecified atom stereocenters. The number of ether oxygens (including phenoxy) is 1. The van der Waals surface area contributed by atoms with E-state index in [1.807, 2.05) is 12.2 Å². The van der Waals surface area contributed by atoms with E-state index in [4.69, 9.17) is 4.74 Å². The number of hydrogen-bond acceptors (Lipinski definition) is 4. The third kappa shape index (κ3) is 5.69. The number of rotatable bonds is 4. The lowest BCUT2D eigenvalue weighted by atomic mass is 9.95. The van der Waals surface area contributed by atoms with E-state index in [-0.39, 0.29) is 17.9 Å². The minimum absolute atomic E-state index is 0.128. The Morgan fingerprint density at radius 2 is 1.83 bits per heavy atom. The maximum absolute atomic E-state index is 12.0. The zero-order chi connectivity index (χ0) is 16.7. The molecule has 0 bridgehead atoms. The van der Waals surface area contributed by atoms with Crippen LogP contribution in [0.5, 0.6) is 0 Å². The minimum atomic E-state index is -0.967. The van der Waals surface area contributed by atoms with Crippen LogP contribution >= 0.6 is 0 Å². The van der Waals surface area contributed by atoms with Gasteiger partial charge in [0.2, 0.25) is 0 Å². The van der Waals surface area contributed by atoms with Crippen LogP contribution < -0.4 is 10.6 Å². The van der Waals surface area contributed by atoms with Crippen molar-refractivity contribution in [3.63, 3.8) is 0 Å². The van der Waals surface area contributed by atoms with Crippen LogP contribution in [-0.4, -0.2) is 30.1 Å². The molecule has 1 saturated carbocycles. The van der Waals surface area contributed by atoms with E-state index in [0.717, 1.165) is 38.5 Å². The zero-order valence-electron chi connectivity index (χ0n) is 13.7. The van der Waals surface area contributed by atoms with E-state index in [1.165, 1.54) is 13.3 Å². The quantitative estimate of drug-likeness (QED) is 0.615. The van der Waals surface area contributed by atoms with Gasteiger partial charge in [0, 0.05) is 6.04 Å². The van der Waals surface area contributed by atoms with Gasteiger partial charge in [-0.1, -0.05) is 31.4 Å². The highest BCUT2D eigenvalue weighted by atomic mass is 16.5. The van der Waals surface area contributed by atoms with E-state index in [0.29, 0.717) is 6.42 Å². The molecular weight excluding hydrogens is 296 g/mol. The van der Waals surface area contributed by atoms with Gasteiger partial charge in [-0.15, -0.1) is 0 Å². The molecule has 0 spiro atoms. The summed E-state index contributed by atoms with van der Waals surface area (Å²) >= 11 is 0. The summed E-state index contributed by atoms with van der Waals surface area (Å²) in [4.78, 5) is 35.8. The number of amides is 3. The summed E-state index contributed by atoms with van der Waals surface area (Å²) in [6.45, 7) is 1.49. The van der Waals surface area contributed by atoms with Gasteiger partial charge in [0.1, 0.15) is 0 Å². The van der Waals surface area contributed by atoms with Crippen LogP contribution in [0.25, 0.3) is 0 Å². The summed E-state index contributed by atoms with van der Waals surface area (Å²) in [7, 11) is 0. The number of nitrogens with one attached hydrogen (secondary N) is 2. The SMILES string of the molecule is C[C@@H](OC(=O)[C@H]1CC=CCC1)C(=O)NC(=O)NC1CCCCC1. The smallest absolute Gasteiger partial charge is 0.321 e. The Bertz CT molecular complexity index is 469. The fourth-order valence-electron chi connectivity index (χ4n) is 3.01. The van der Waals surface area contributed by atoms with E-state index < -0.39 is 18.0 Å². The average Bonchev–Trinajstić information content (AvgIpc) is 2.56. The van der Waals surface area contributed by atoms with Gasteiger partial charge < -0.3 is 10.1 Å². The second-order valence-corrected chi connectivity index (χ2v) is 6.36. The molecule has 0 aromatic heterocycles. The first kappa shape index (κ1) is 17.5. The molecule has 2 N–H and O–H groups in total. The van der Waals surface area contributed by atoms with Crippen LogP contribution in [0, 0.1) is 5.92 Å². The number of esters is 1. The number of carbonyl (C=O) groups excluding carboxylic acids is 3. The second kappa shape index (κ2) is 8.70. The van der Waals surface area contributed by atoms with Crippen LogP contribution in [0.4, 0.5) is 4.79 Å². The molecule has 2 aliphatic rings. The van der Waals surface area contributed by atoms with Gasteiger partial charge in [-0.25, -0.2) is 4.79 Å². The summed E-state index contributed by atoms with van der Waals surface area (Å²) in [5.41, 5.74) is 0. The van der Waals surface area contributed by atoms with Gasteiger partial charge in [0.05, 0.1) is 5.92 Å². The lowest BCUT2D eigenvalue weighted by molar-refractivity contribution is -0.158. The number of allylic oxidation sites excluding steroid dienone is 2. The van der Waals surface area contributed by atoms with Crippen LogP contribution in [0.3, 0.4) is 0 Å². The summed E-state index contributed by atoms with van der Waals surface area (Å²) in [5.74, 6) is -1.14. The van der Waals surface area contributed by atoms with E-state index in [2.05, 4.69) is 10.6 Å². The molecule has 0 aromatic rings. The number of urea groups is 1. The summed E-state index contributed by atoms with van der Waals surface area (Å²) in [5, 5.41) is 5.06. The van der Waals surface area contributed by atoms with Gasteiger partial charge in [0.15, 0.2) is 6.10 Å². The van der Waals surface area contributed by atoms with Crippen LogP contribution in [0.15, 0.2) is 12.2 Å². The molecule has 6 heteroatoms. The summed E-state index contributed by atoms with van der Waals surface area (Å²) in [6.07, 6.45) is 10.6. The zero-order valence-corrected chi connectivity index (χ0v) is 13.7. The van der Waals surface area contributed by atoms with Crippen molar-refractivity contribution in [2.45, 2.75) is 70.4 Å². The average molecular weight is 322 g/mol. The molecule has 3 amide bonds. The van der Waals surface area contributed by atoms with Crippen LogP contribution in [0.2, 0.25) is 0 Å². The Balaban J connectivity index is 1.72. The predicted molar refractivity (Wildman–Crippen MR) is 85.6 cm³/mol. The van der Waals surface area contributed by atoms with Crippen LogP contribution in [0.1, 0.15) is 58.3 Å². The van der Waals surface area contributed by atoms with Gasteiger partial charge in [-0.2, -0.15) is 0 Å². The van der Waals surface area contributed by atoms with Crippen molar-refractivity contribution >= 4 is 17.9 Å². The molecule has 128 valence electrons. The Morgan fingerprint density at radius 3 is 2.48 bits per heavy atom. The van der Waals surface area contributed by atoms with E-state index in [1.54, 1.807) is 0 Å². The normalized spacial score (nSPS) is 22.9. The molecule has 0 heterocycles. The highest BCUT2D eigenvalue weighted by Gasteiger charge is 2.26. The Kier molecular flexibility index (Phi) is 6.62. The molecule has 23 heavy (non-hydrogen) atoms. The lowest BCUT2D eigenvalue weighted by Crippen LogP contribution is -2.48. The van der Waals surface area contributed by atoms with Crippen molar-refractivity contribution in [3.05, 3.63) is 12.2 Å². The Hall–Kier alpha value is -1.85. The van der Waals surface area contributed by atoms with Crippen molar-refractivity contribution in [2.75, 3.05) is 0 Å². The molecular formula is C17H26N2O4. The maximum atomic E-state index is 12.0. The molecule has 0 saturated heterocycles. The van der Waals surface area contributed by atoms with Gasteiger partial charge in [-0.3, -0.25) is 14.9 Å². The second-order valence-electron chi connectivity index (χ2n) is 6.36. The highest BCUT2D eigenvalue weighted by Crippen LogP contribution is 2.20. The standard InChI is InChI=1S/C17H26N2O4/c1-12(23-16(21)13-8-4-2-5-9-13)15(20)19-17(22)18-14-10-6-3-7-11-14/h2,4,12-14H,3,5-11H2,1H3,(H2,18,19,20,22)/t12-,13+/m1/s1. The molecule has 2 aliphatic carbocycles. The van der Waals surface area contributed by atoms with E-state index >= 15 is 0 Å². The summed E-state index contributed by atoms with van der Waals surface area (Å²) in [6, 6.07) is -0.381. The van der Waals surface area contributed by atoms with Crippen molar-refractivity contribution in [2.24, 2.45) is 5.92 Å². The third-order valence-corrected chi connectivity index (χ3v) is 4.44. The molecule has 2 rings (SSSR count). The number of hydrogen-bond donors (Lipinski definition) is 2. The predicted octanol–water partition coefficient (Wildman–Crippen LogP) is 2.43. The number of imide groups is 1. The topological polar surface area (TPSA) is 84.5 Å². The van der Waals surface area contributed by atoms with Gasteiger partial charge in [-0.05, 0) is 39.0 Å². The molecule has 0 aliphatic heterocycles. The number of carbonyl (C=O) groups is 3.